The Labute approximate surface area is 168 Å². The number of nitrogens with one attached hydrogen (secondary N) is 1. The number of nitrogens with zero attached hydrogens (tertiary/aromatic N) is 2. The fourth-order valence-electron chi connectivity index (χ4n) is 3.53. The van der Waals surface area contributed by atoms with E-state index in [1.807, 2.05) is 35.9 Å². The van der Waals surface area contributed by atoms with Crippen LogP contribution in [0.15, 0.2) is 48.5 Å². The molecule has 0 aliphatic rings. The zero-order valence-electron chi connectivity index (χ0n) is 16.3. The number of hydrogen-bond donors (Lipinski definition) is 2. The predicted octanol–water partition coefficient (Wildman–Crippen LogP) is 3.64. The van der Waals surface area contributed by atoms with Gasteiger partial charge in [-0.25, -0.2) is 4.39 Å². The molecule has 1 unspecified atom stereocenters. The first-order valence-electron chi connectivity index (χ1n) is 9.60. The number of carboxylic acid groups (broad SMARTS) is 1. The van der Waals surface area contributed by atoms with E-state index in [1.54, 1.807) is 6.07 Å². The highest BCUT2D eigenvalue weighted by Crippen LogP contribution is 2.26. The van der Waals surface area contributed by atoms with Crippen molar-refractivity contribution < 1.29 is 19.1 Å². The molecule has 2 aromatic carbocycles. The van der Waals surface area contributed by atoms with Crippen LogP contribution >= 0.6 is 0 Å². The van der Waals surface area contributed by atoms with E-state index in [4.69, 9.17) is 5.11 Å². The standard InChI is InChI=1S/C22H24FN3O3/c1-15-17-7-3-5-10-20(17)26(25-15)12-6-11-24-21(27)13-16(14-22(28)29)18-8-2-4-9-19(18)23/h2-5,7-10,16H,6,11-14H2,1H3,(H,24,27)(H,28,29). The van der Waals surface area contributed by atoms with Crippen LogP contribution in [0.3, 0.4) is 0 Å². The topological polar surface area (TPSA) is 84.2 Å². The summed E-state index contributed by atoms with van der Waals surface area (Å²) >= 11 is 0. The Kier molecular flexibility index (Phi) is 6.59. The molecule has 0 aliphatic heterocycles. The first-order valence-corrected chi connectivity index (χ1v) is 9.60. The second kappa shape index (κ2) is 9.32. The number of aryl methyl sites for hydroxylation is 2. The van der Waals surface area contributed by atoms with E-state index in [0.29, 0.717) is 19.5 Å². The molecule has 1 atom stereocenters. The molecule has 6 nitrogen and oxygen atoms in total. The molecule has 0 saturated carbocycles. The smallest absolute Gasteiger partial charge is 0.303 e. The molecule has 2 N–H and O–H groups in total. The van der Waals surface area contributed by atoms with Gasteiger partial charge in [0.05, 0.1) is 17.6 Å². The number of carbonyl (C=O) groups is 2. The number of benzene rings is 2. The van der Waals surface area contributed by atoms with Gasteiger partial charge in [-0.3, -0.25) is 14.3 Å². The zero-order valence-corrected chi connectivity index (χ0v) is 16.3. The van der Waals surface area contributed by atoms with Crippen LogP contribution in [-0.4, -0.2) is 33.3 Å². The number of rotatable bonds is 9. The van der Waals surface area contributed by atoms with Crippen LogP contribution in [0.25, 0.3) is 10.9 Å². The third-order valence-corrected chi connectivity index (χ3v) is 4.91. The number of carboxylic acids is 1. The van der Waals surface area contributed by atoms with Crippen LogP contribution in [0.5, 0.6) is 0 Å². The molecule has 152 valence electrons. The quantitative estimate of drug-likeness (QED) is 0.540. The first kappa shape index (κ1) is 20.5. The van der Waals surface area contributed by atoms with Crippen molar-refractivity contribution >= 4 is 22.8 Å². The summed E-state index contributed by atoms with van der Waals surface area (Å²) < 4.78 is 16.0. The molecule has 3 rings (SSSR count). The molecule has 0 bridgehead atoms. The monoisotopic (exact) mass is 397 g/mol. The molecular weight excluding hydrogens is 373 g/mol. The van der Waals surface area contributed by atoms with Gasteiger partial charge < -0.3 is 10.4 Å². The summed E-state index contributed by atoms with van der Waals surface area (Å²) in [5.74, 6) is -2.55. The number of halogens is 1. The summed E-state index contributed by atoms with van der Waals surface area (Å²) in [5, 5.41) is 17.6. The van der Waals surface area contributed by atoms with E-state index in [9.17, 15) is 14.0 Å². The highest BCUT2D eigenvalue weighted by atomic mass is 19.1. The maximum absolute atomic E-state index is 14.0. The minimum Gasteiger partial charge on any atom is -0.481 e. The van der Waals surface area contributed by atoms with Crippen molar-refractivity contribution in [2.24, 2.45) is 0 Å². The maximum atomic E-state index is 14.0. The Bertz CT molecular complexity index is 1020. The van der Waals surface area contributed by atoms with Crippen molar-refractivity contribution in [3.8, 4) is 0 Å². The third kappa shape index (κ3) is 5.19. The van der Waals surface area contributed by atoms with E-state index in [2.05, 4.69) is 10.4 Å². The fraction of sp³-hybridized carbons (Fsp3) is 0.318. The largest absolute Gasteiger partial charge is 0.481 e. The number of aromatic nitrogens is 2. The Morgan fingerprint density at radius 3 is 2.62 bits per heavy atom. The Balaban J connectivity index is 1.54. The van der Waals surface area contributed by atoms with Crippen molar-refractivity contribution in [2.75, 3.05) is 6.54 Å². The SMILES string of the molecule is Cc1nn(CCCNC(=O)CC(CC(=O)O)c2ccccc2F)c2ccccc12. The van der Waals surface area contributed by atoms with Gasteiger partial charge in [-0.2, -0.15) is 5.10 Å². The molecule has 0 aliphatic carbocycles. The molecule has 0 spiro atoms. The second-order valence-electron chi connectivity index (χ2n) is 7.05. The van der Waals surface area contributed by atoms with Crippen molar-refractivity contribution in [3.63, 3.8) is 0 Å². The summed E-state index contributed by atoms with van der Waals surface area (Å²) in [6.07, 6.45) is 0.310. The highest BCUT2D eigenvalue weighted by molar-refractivity contribution is 5.81. The number of amides is 1. The number of aliphatic carboxylic acids is 1. The average molecular weight is 397 g/mol. The van der Waals surface area contributed by atoms with Gasteiger partial charge in [-0.05, 0) is 31.0 Å². The molecule has 0 fully saturated rings. The zero-order chi connectivity index (χ0) is 20.8. The lowest BCUT2D eigenvalue weighted by molar-refractivity contribution is -0.137. The fourth-order valence-corrected chi connectivity index (χ4v) is 3.53. The predicted molar refractivity (Wildman–Crippen MR) is 108 cm³/mol. The lowest BCUT2D eigenvalue weighted by atomic mass is 9.91. The van der Waals surface area contributed by atoms with Gasteiger partial charge in [-0.1, -0.05) is 36.4 Å². The van der Waals surface area contributed by atoms with E-state index >= 15 is 0 Å². The number of para-hydroxylation sites is 1. The van der Waals surface area contributed by atoms with Gasteiger partial charge in [0.15, 0.2) is 0 Å². The minimum atomic E-state index is -1.06. The van der Waals surface area contributed by atoms with Crippen LogP contribution in [0.2, 0.25) is 0 Å². The van der Waals surface area contributed by atoms with Crippen molar-refractivity contribution in [1.82, 2.24) is 15.1 Å². The lowest BCUT2D eigenvalue weighted by Gasteiger charge is -2.16. The maximum Gasteiger partial charge on any atom is 0.303 e. The van der Waals surface area contributed by atoms with Gasteiger partial charge in [-0.15, -0.1) is 0 Å². The van der Waals surface area contributed by atoms with Gasteiger partial charge in [0.2, 0.25) is 5.91 Å². The van der Waals surface area contributed by atoms with Gasteiger partial charge in [0.25, 0.3) is 0 Å². The lowest BCUT2D eigenvalue weighted by Crippen LogP contribution is -2.27. The van der Waals surface area contributed by atoms with Crippen LogP contribution in [-0.2, 0) is 16.1 Å². The van der Waals surface area contributed by atoms with Gasteiger partial charge >= 0.3 is 5.97 Å². The van der Waals surface area contributed by atoms with Gasteiger partial charge in [0, 0.05) is 30.8 Å². The Morgan fingerprint density at radius 2 is 1.86 bits per heavy atom. The third-order valence-electron chi connectivity index (χ3n) is 4.91. The minimum absolute atomic E-state index is 0.0724. The molecular formula is C22H24FN3O3. The molecule has 1 amide bonds. The number of hydrogen-bond acceptors (Lipinski definition) is 3. The molecule has 0 saturated heterocycles. The number of carbonyl (C=O) groups excluding carboxylic acids is 1. The summed E-state index contributed by atoms with van der Waals surface area (Å²) in [5.41, 5.74) is 2.27. The normalized spacial score (nSPS) is 12.1. The van der Waals surface area contributed by atoms with Crippen LogP contribution in [0.4, 0.5) is 4.39 Å². The van der Waals surface area contributed by atoms with Crippen molar-refractivity contribution in [3.05, 3.63) is 65.6 Å². The van der Waals surface area contributed by atoms with Crippen LogP contribution in [0, 0.1) is 12.7 Å². The molecule has 1 aromatic heterocycles. The molecule has 3 aromatic rings. The van der Waals surface area contributed by atoms with E-state index in [0.717, 1.165) is 16.6 Å². The molecule has 1 heterocycles. The summed E-state index contributed by atoms with van der Waals surface area (Å²) in [7, 11) is 0. The van der Waals surface area contributed by atoms with E-state index in [-0.39, 0.29) is 24.3 Å². The molecule has 0 radical (unpaired) electrons. The van der Waals surface area contributed by atoms with Crippen LogP contribution < -0.4 is 5.32 Å². The van der Waals surface area contributed by atoms with Crippen LogP contribution in [0.1, 0.15) is 36.4 Å². The van der Waals surface area contributed by atoms with Crippen molar-refractivity contribution in [1.29, 1.82) is 0 Å². The Hall–Kier alpha value is -3.22. The molecule has 29 heavy (non-hydrogen) atoms. The average Bonchev–Trinajstić information content (AvgIpc) is 3.01. The first-order chi connectivity index (χ1) is 14.0. The highest BCUT2D eigenvalue weighted by Gasteiger charge is 2.22. The Morgan fingerprint density at radius 1 is 1.14 bits per heavy atom. The second-order valence-corrected chi connectivity index (χ2v) is 7.05. The van der Waals surface area contributed by atoms with E-state index < -0.39 is 17.7 Å². The summed E-state index contributed by atoms with van der Waals surface area (Å²) in [4.78, 5) is 23.4. The summed E-state index contributed by atoms with van der Waals surface area (Å²) in [6.45, 7) is 3.05. The van der Waals surface area contributed by atoms with E-state index in [1.165, 1.54) is 18.2 Å². The van der Waals surface area contributed by atoms with Gasteiger partial charge in [0.1, 0.15) is 5.82 Å². The number of fused-ring (bicyclic) bond motifs is 1. The molecule has 7 heteroatoms. The summed E-state index contributed by atoms with van der Waals surface area (Å²) in [6, 6.07) is 14.0. The van der Waals surface area contributed by atoms with Crippen molar-refractivity contribution in [2.45, 2.75) is 38.6 Å².